The average molecular weight is 1200 g/mol. The minimum atomic E-state index is 0.0843. The van der Waals surface area contributed by atoms with Crippen molar-refractivity contribution in [1.29, 1.82) is 0 Å². The molecule has 0 spiro atoms. The zero-order valence-electron chi connectivity index (χ0n) is 51.5. The van der Waals surface area contributed by atoms with E-state index in [4.69, 9.17) is 9.97 Å². The number of hydrogen-bond donors (Lipinski definition) is 0. The number of para-hydroxylation sites is 2. The van der Waals surface area contributed by atoms with E-state index in [9.17, 15) is 0 Å². The van der Waals surface area contributed by atoms with Crippen LogP contribution in [0.1, 0.15) is 22.6 Å². The number of rotatable bonds is 14. The SMILES string of the molecule is c1ccc(-c2ccc3c(c2)-c2cc(-c4ccccc4)ccc2C3c2ccc(N(c3ccccc3)c3ccc(-c4nccnc4-c4ccc(N(c5ccccc5)c5ccc(-n6c7ccc(-c8ccccc8)cc7c7cc(-c8ccccc8)ccc76)cc5)cc4)cc3)cc2)cc1. The molecule has 0 radical (unpaired) electrons. The summed E-state index contributed by atoms with van der Waals surface area (Å²) in [7, 11) is 0. The molecule has 0 saturated carbocycles. The number of aromatic nitrogens is 3. The molecule has 2 heterocycles. The minimum absolute atomic E-state index is 0.0843. The Morgan fingerprint density at radius 1 is 0.245 bits per heavy atom. The fourth-order valence-electron chi connectivity index (χ4n) is 14.1. The lowest BCUT2D eigenvalue weighted by atomic mass is 9.88. The first-order valence-electron chi connectivity index (χ1n) is 32.1. The standard InChI is InChI=1S/C89H61N5/c1-7-19-61(20-8-1)68-37-51-79-81(57-68)82-58-69(62-21-9-2-10-22-62)38-52-80(82)87(79)65-31-41-74(42-32-65)92(72-27-15-5-16-28-72)75-43-33-66(34-44-75)88-89(91-56-55-90-88)67-35-45-76(46-36-67)93(73-29-17-6-18-30-73)77-47-49-78(50-48-77)94-85-53-39-70(63-23-11-3-12-24-63)59-83(85)84-60-71(40-54-86(84)94)64-25-13-4-14-26-64/h1-60,87H. The Morgan fingerprint density at radius 2 is 0.543 bits per heavy atom. The third-order valence-corrected chi connectivity index (χ3v) is 18.6. The van der Waals surface area contributed by atoms with Crippen LogP contribution in [-0.4, -0.2) is 14.5 Å². The lowest BCUT2D eigenvalue weighted by Gasteiger charge is -2.26. The molecular weight excluding hydrogens is 1140 g/mol. The largest absolute Gasteiger partial charge is 0.311 e. The van der Waals surface area contributed by atoms with Gasteiger partial charge in [-0.25, -0.2) is 0 Å². The molecule has 0 N–H and O–H groups in total. The van der Waals surface area contributed by atoms with Crippen LogP contribution in [0.3, 0.4) is 0 Å². The van der Waals surface area contributed by atoms with E-state index >= 15 is 0 Å². The second-order valence-corrected chi connectivity index (χ2v) is 24.1. The predicted octanol–water partition coefficient (Wildman–Crippen LogP) is 23.7. The van der Waals surface area contributed by atoms with Crippen LogP contribution in [0.15, 0.2) is 364 Å². The number of benzene rings is 14. The number of anilines is 6. The summed E-state index contributed by atoms with van der Waals surface area (Å²) in [5.41, 5.74) is 29.5. The summed E-state index contributed by atoms with van der Waals surface area (Å²) in [4.78, 5) is 14.7. The Balaban J connectivity index is 0.668. The average Bonchev–Trinajstić information content (AvgIpc) is 1.59. The highest BCUT2D eigenvalue weighted by Crippen LogP contribution is 2.51. The summed E-state index contributed by atoms with van der Waals surface area (Å²) in [6.07, 6.45) is 3.57. The monoisotopic (exact) mass is 1200 g/mol. The van der Waals surface area contributed by atoms with E-state index in [0.717, 1.165) is 73.4 Å². The molecule has 0 bridgehead atoms. The molecule has 17 rings (SSSR count). The Kier molecular flexibility index (Phi) is 14.2. The Morgan fingerprint density at radius 3 is 0.915 bits per heavy atom. The first-order chi connectivity index (χ1) is 46.6. The second kappa shape index (κ2) is 24.1. The molecule has 2 aromatic heterocycles. The smallest absolute Gasteiger partial charge is 0.0965 e. The molecule has 0 fully saturated rings. The van der Waals surface area contributed by atoms with E-state index in [1.807, 2.05) is 0 Å². The van der Waals surface area contributed by atoms with Crippen molar-refractivity contribution in [2.75, 3.05) is 9.80 Å². The van der Waals surface area contributed by atoms with Gasteiger partial charge in [-0.2, -0.15) is 0 Å². The van der Waals surface area contributed by atoms with Gasteiger partial charge in [-0.1, -0.05) is 231 Å². The highest BCUT2D eigenvalue weighted by Gasteiger charge is 2.31. The van der Waals surface area contributed by atoms with Crippen LogP contribution in [0.25, 0.3) is 106 Å². The van der Waals surface area contributed by atoms with Crippen molar-refractivity contribution in [3.8, 4) is 83.8 Å². The zero-order chi connectivity index (χ0) is 62.3. The maximum Gasteiger partial charge on any atom is 0.0965 e. The first-order valence-corrected chi connectivity index (χ1v) is 32.1. The molecule has 0 atom stereocenters. The summed E-state index contributed by atoms with van der Waals surface area (Å²) in [6, 6.07) is 127. The Bertz CT molecular complexity index is 5180. The molecular formula is C89H61N5. The van der Waals surface area contributed by atoms with Gasteiger partial charge in [0, 0.05) is 80.0 Å². The molecule has 94 heavy (non-hydrogen) atoms. The molecule has 1 aliphatic carbocycles. The van der Waals surface area contributed by atoms with E-state index < -0.39 is 0 Å². The third-order valence-electron chi connectivity index (χ3n) is 18.6. The molecule has 14 aromatic carbocycles. The third kappa shape index (κ3) is 10.3. The van der Waals surface area contributed by atoms with Gasteiger partial charge in [-0.05, 0) is 194 Å². The summed E-state index contributed by atoms with van der Waals surface area (Å²) in [5.74, 6) is 0.0843. The summed E-state index contributed by atoms with van der Waals surface area (Å²) in [5, 5.41) is 2.43. The van der Waals surface area contributed by atoms with Gasteiger partial charge in [-0.15, -0.1) is 0 Å². The van der Waals surface area contributed by atoms with Crippen molar-refractivity contribution in [1.82, 2.24) is 14.5 Å². The fourth-order valence-corrected chi connectivity index (χ4v) is 14.1. The van der Waals surface area contributed by atoms with Gasteiger partial charge in [0.15, 0.2) is 0 Å². The fraction of sp³-hybridized carbons (Fsp3) is 0.0112. The predicted molar refractivity (Wildman–Crippen MR) is 391 cm³/mol. The number of hydrogen-bond acceptors (Lipinski definition) is 4. The zero-order valence-corrected chi connectivity index (χ0v) is 51.5. The van der Waals surface area contributed by atoms with Gasteiger partial charge in [0.1, 0.15) is 0 Å². The Labute approximate surface area is 547 Å². The lowest BCUT2D eigenvalue weighted by Crippen LogP contribution is -2.10. The van der Waals surface area contributed by atoms with Crippen molar-refractivity contribution in [3.63, 3.8) is 0 Å². The van der Waals surface area contributed by atoms with Gasteiger partial charge >= 0.3 is 0 Å². The van der Waals surface area contributed by atoms with Gasteiger partial charge < -0.3 is 14.4 Å². The molecule has 0 unspecified atom stereocenters. The molecule has 5 nitrogen and oxygen atoms in total. The van der Waals surface area contributed by atoms with E-state index in [1.165, 1.54) is 83.1 Å². The summed E-state index contributed by atoms with van der Waals surface area (Å²) >= 11 is 0. The van der Waals surface area contributed by atoms with E-state index in [-0.39, 0.29) is 5.92 Å². The van der Waals surface area contributed by atoms with Crippen molar-refractivity contribution in [2.45, 2.75) is 5.92 Å². The van der Waals surface area contributed by atoms with Gasteiger partial charge in [0.2, 0.25) is 0 Å². The van der Waals surface area contributed by atoms with Gasteiger partial charge in [-0.3, -0.25) is 9.97 Å². The molecule has 442 valence electrons. The maximum absolute atomic E-state index is 5.00. The van der Waals surface area contributed by atoms with E-state index in [1.54, 1.807) is 12.4 Å². The van der Waals surface area contributed by atoms with Crippen LogP contribution >= 0.6 is 0 Å². The van der Waals surface area contributed by atoms with Crippen molar-refractivity contribution in [2.24, 2.45) is 0 Å². The van der Waals surface area contributed by atoms with E-state index in [2.05, 4.69) is 366 Å². The highest BCUT2D eigenvalue weighted by atomic mass is 15.1. The second-order valence-electron chi connectivity index (χ2n) is 24.1. The molecule has 0 amide bonds. The van der Waals surface area contributed by atoms with Crippen LogP contribution in [0.5, 0.6) is 0 Å². The van der Waals surface area contributed by atoms with Crippen LogP contribution in [-0.2, 0) is 0 Å². The minimum Gasteiger partial charge on any atom is -0.311 e. The van der Waals surface area contributed by atoms with Crippen LogP contribution in [0.2, 0.25) is 0 Å². The van der Waals surface area contributed by atoms with Crippen molar-refractivity contribution >= 4 is 55.9 Å². The van der Waals surface area contributed by atoms with Crippen molar-refractivity contribution < 1.29 is 0 Å². The van der Waals surface area contributed by atoms with Gasteiger partial charge in [0.05, 0.1) is 22.4 Å². The van der Waals surface area contributed by atoms with Crippen LogP contribution in [0, 0.1) is 0 Å². The van der Waals surface area contributed by atoms with E-state index in [0.29, 0.717) is 0 Å². The molecule has 5 heteroatoms. The normalized spacial score (nSPS) is 11.8. The number of nitrogens with zero attached hydrogens (tertiary/aromatic N) is 5. The summed E-state index contributed by atoms with van der Waals surface area (Å²) in [6.45, 7) is 0. The quantitative estimate of drug-likeness (QED) is 0.109. The molecule has 0 saturated heterocycles. The number of fused-ring (bicyclic) bond motifs is 6. The summed E-state index contributed by atoms with van der Waals surface area (Å²) < 4.78 is 2.40. The first kappa shape index (κ1) is 55.6. The topological polar surface area (TPSA) is 37.2 Å². The van der Waals surface area contributed by atoms with Crippen LogP contribution < -0.4 is 9.80 Å². The molecule has 0 aliphatic heterocycles. The van der Waals surface area contributed by atoms with Gasteiger partial charge in [0.25, 0.3) is 0 Å². The Hall–Kier alpha value is -12.4. The van der Waals surface area contributed by atoms with Crippen molar-refractivity contribution in [3.05, 3.63) is 381 Å². The lowest BCUT2D eigenvalue weighted by molar-refractivity contribution is 1.01. The maximum atomic E-state index is 5.00. The molecule has 16 aromatic rings. The molecule has 1 aliphatic rings. The highest BCUT2D eigenvalue weighted by molar-refractivity contribution is 6.12. The van der Waals surface area contributed by atoms with Crippen LogP contribution in [0.4, 0.5) is 34.1 Å².